The van der Waals surface area contributed by atoms with Gasteiger partial charge in [0.2, 0.25) is 0 Å². The molecule has 9 heteroatoms. The van der Waals surface area contributed by atoms with E-state index in [2.05, 4.69) is 9.97 Å². The van der Waals surface area contributed by atoms with Crippen molar-refractivity contribution in [2.75, 3.05) is 5.73 Å². The van der Waals surface area contributed by atoms with Crippen LogP contribution in [-0.2, 0) is 14.3 Å². The van der Waals surface area contributed by atoms with Crippen LogP contribution in [0.25, 0.3) is 10.9 Å². The van der Waals surface area contributed by atoms with Crippen molar-refractivity contribution in [2.24, 2.45) is 5.92 Å². The fourth-order valence-electron chi connectivity index (χ4n) is 4.37. The Labute approximate surface area is 174 Å². The van der Waals surface area contributed by atoms with E-state index in [1.807, 2.05) is 13.8 Å². The summed E-state index contributed by atoms with van der Waals surface area (Å²) in [4.78, 5) is 44.6. The lowest BCUT2D eigenvalue weighted by molar-refractivity contribution is -0.149. The minimum Gasteiger partial charge on any atom is -0.460 e. The second kappa shape index (κ2) is 7.70. The zero-order valence-corrected chi connectivity index (χ0v) is 18.2. The first kappa shape index (κ1) is 21.7. The number of fused-ring (bicyclic) bond motifs is 1. The van der Waals surface area contributed by atoms with E-state index in [1.54, 1.807) is 37.9 Å². The number of likely N-dealkylation sites (tertiary alicyclic amines) is 1. The number of aromatic amines is 2. The van der Waals surface area contributed by atoms with E-state index in [1.165, 1.54) is 6.92 Å². The van der Waals surface area contributed by atoms with Gasteiger partial charge >= 0.3 is 12.1 Å². The van der Waals surface area contributed by atoms with Gasteiger partial charge in [0.1, 0.15) is 29.1 Å². The number of amides is 1. The fraction of sp³-hybridized carbons (Fsp3) is 0.571. The van der Waals surface area contributed by atoms with Gasteiger partial charge in [0.05, 0.1) is 0 Å². The zero-order chi connectivity index (χ0) is 22.4. The summed E-state index contributed by atoms with van der Waals surface area (Å²) in [6.45, 7) is 10.7. The molecule has 4 N–H and O–H groups in total. The molecule has 0 saturated carbocycles. The quantitative estimate of drug-likeness (QED) is 0.657. The van der Waals surface area contributed by atoms with Crippen molar-refractivity contribution in [3.63, 3.8) is 0 Å². The molecule has 1 aliphatic rings. The molecule has 0 aliphatic carbocycles. The number of anilines is 1. The van der Waals surface area contributed by atoms with Crippen molar-refractivity contribution < 1.29 is 19.1 Å². The lowest BCUT2D eigenvalue weighted by atomic mass is 9.93. The van der Waals surface area contributed by atoms with Gasteiger partial charge in [0.15, 0.2) is 0 Å². The molecule has 4 atom stereocenters. The molecular formula is C21H30N4O5. The average molecular weight is 418 g/mol. The van der Waals surface area contributed by atoms with Crippen LogP contribution in [0.1, 0.15) is 59.6 Å². The lowest BCUT2D eigenvalue weighted by Crippen LogP contribution is -2.42. The number of carbonyl (C=O) groups is 2. The molecule has 3 heterocycles. The first-order valence-electron chi connectivity index (χ1n) is 10.1. The van der Waals surface area contributed by atoms with E-state index in [9.17, 15) is 14.4 Å². The van der Waals surface area contributed by atoms with E-state index >= 15 is 0 Å². The summed E-state index contributed by atoms with van der Waals surface area (Å²) in [5.74, 6) is -0.366. The summed E-state index contributed by atoms with van der Waals surface area (Å²) in [6.07, 6.45) is 1.23. The summed E-state index contributed by atoms with van der Waals surface area (Å²) in [5, 5.41) is 0.580. The van der Waals surface area contributed by atoms with E-state index < -0.39 is 29.8 Å². The van der Waals surface area contributed by atoms with Crippen LogP contribution in [0.3, 0.4) is 0 Å². The molecule has 1 fully saturated rings. The first-order chi connectivity index (χ1) is 13.9. The number of nitrogens with two attached hydrogens (primary N) is 1. The van der Waals surface area contributed by atoms with Crippen LogP contribution in [0, 0.1) is 5.92 Å². The van der Waals surface area contributed by atoms with Crippen molar-refractivity contribution in [3.8, 4) is 0 Å². The van der Waals surface area contributed by atoms with Gasteiger partial charge in [0, 0.05) is 36.0 Å². The number of hydrogen-bond donors (Lipinski definition) is 3. The maximum atomic E-state index is 13.2. The number of pyridine rings is 1. The van der Waals surface area contributed by atoms with Crippen LogP contribution >= 0.6 is 0 Å². The summed E-state index contributed by atoms with van der Waals surface area (Å²) in [6, 6.07) is 0.807. The number of nitrogens with one attached hydrogen (secondary N) is 2. The molecule has 2 aromatic rings. The Morgan fingerprint density at radius 3 is 2.53 bits per heavy atom. The maximum Gasteiger partial charge on any atom is 0.411 e. The molecule has 0 aromatic carbocycles. The number of esters is 1. The van der Waals surface area contributed by atoms with Gasteiger partial charge in [-0.3, -0.25) is 14.5 Å². The Balaban J connectivity index is 2.20. The van der Waals surface area contributed by atoms with E-state index in [0.717, 1.165) is 0 Å². The molecule has 9 nitrogen and oxygen atoms in total. The third-order valence-corrected chi connectivity index (χ3v) is 5.47. The molecule has 1 saturated heterocycles. The first-order valence-corrected chi connectivity index (χ1v) is 10.1. The highest BCUT2D eigenvalue weighted by molar-refractivity contribution is 5.86. The number of ether oxygens (including phenoxy) is 2. The van der Waals surface area contributed by atoms with Gasteiger partial charge in [-0.15, -0.1) is 0 Å². The monoisotopic (exact) mass is 418 g/mol. The molecule has 0 spiro atoms. The van der Waals surface area contributed by atoms with Gasteiger partial charge in [-0.1, -0.05) is 13.8 Å². The number of hydrogen-bond acceptors (Lipinski definition) is 6. The predicted molar refractivity (Wildman–Crippen MR) is 113 cm³/mol. The summed E-state index contributed by atoms with van der Waals surface area (Å²) in [7, 11) is 0. The van der Waals surface area contributed by atoms with E-state index in [4.69, 9.17) is 15.2 Å². The zero-order valence-electron chi connectivity index (χ0n) is 18.2. The topological polar surface area (TPSA) is 131 Å². The molecule has 164 valence electrons. The highest BCUT2D eigenvalue weighted by Crippen LogP contribution is 2.45. The number of carbonyl (C=O) groups excluding carboxylic acids is 2. The molecular weight excluding hydrogens is 388 g/mol. The molecule has 30 heavy (non-hydrogen) atoms. The Morgan fingerprint density at radius 1 is 1.30 bits per heavy atom. The Bertz CT molecular complexity index is 1020. The van der Waals surface area contributed by atoms with Gasteiger partial charge in [-0.2, -0.15) is 0 Å². The predicted octanol–water partition coefficient (Wildman–Crippen LogP) is 3.08. The normalized spacial score (nSPS) is 24.3. The smallest absolute Gasteiger partial charge is 0.411 e. The fourth-order valence-corrected chi connectivity index (χ4v) is 4.37. The SMILES string of the molecule is CC[C@@H]1[C@@H](C)C(OC(C)=O)[C@H](c2c[nH]c3c(=O)[nH]c(N)cc23)N1C(=O)OC(C)(C)C. The largest absolute Gasteiger partial charge is 0.460 e. The minimum atomic E-state index is -0.690. The lowest BCUT2D eigenvalue weighted by Gasteiger charge is -2.33. The number of nitrogens with zero attached hydrogens (tertiary/aromatic N) is 1. The third kappa shape index (κ3) is 3.88. The highest BCUT2D eigenvalue weighted by Gasteiger charge is 2.52. The Kier molecular flexibility index (Phi) is 5.58. The van der Waals surface area contributed by atoms with Crippen LogP contribution in [0.5, 0.6) is 0 Å². The van der Waals surface area contributed by atoms with Crippen molar-refractivity contribution >= 4 is 28.8 Å². The van der Waals surface area contributed by atoms with Crippen molar-refractivity contribution in [1.82, 2.24) is 14.9 Å². The molecule has 1 amide bonds. The summed E-state index contributed by atoms with van der Waals surface area (Å²) in [5.41, 5.74) is 5.82. The molecule has 3 rings (SSSR count). The van der Waals surface area contributed by atoms with Gasteiger partial charge in [-0.25, -0.2) is 4.79 Å². The van der Waals surface area contributed by atoms with Crippen molar-refractivity contribution in [1.29, 1.82) is 0 Å². The molecule has 2 aromatic heterocycles. The second-order valence-corrected chi connectivity index (χ2v) is 8.83. The summed E-state index contributed by atoms with van der Waals surface area (Å²) >= 11 is 0. The van der Waals surface area contributed by atoms with Crippen molar-refractivity contribution in [2.45, 2.75) is 71.8 Å². The Hall–Kier alpha value is -2.97. The van der Waals surface area contributed by atoms with Gasteiger partial charge < -0.3 is 25.2 Å². The average Bonchev–Trinajstić information content (AvgIpc) is 3.12. The molecule has 1 unspecified atom stereocenters. The van der Waals surface area contributed by atoms with Crippen LogP contribution < -0.4 is 11.3 Å². The maximum absolute atomic E-state index is 13.2. The van der Waals surface area contributed by atoms with Crippen molar-refractivity contribution in [3.05, 3.63) is 28.2 Å². The minimum absolute atomic E-state index is 0.138. The standard InChI is InChI=1S/C21H30N4O5/c1-7-14-10(2)18(29-11(3)26)17(25(14)20(28)30-21(4,5)6)13-9-23-16-12(13)8-15(22)24-19(16)27/h8-10,14,17-18,23H,7H2,1-6H3,(H3,22,24,27)/t10-,14-,17+,18?/m1/s1. The summed E-state index contributed by atoms with van der Waals surface area (Å²) < 4.78 is 11.4. The van der Waals surface area contributed by atoms with Crippen LogP contribution in [0.2, 0.25) is 0 Å². The second-order valence-electron chi connectivity index (χ2n) is 8.83. The molecule has 0 bridgehead atoms. The number of H-pyrrole nitrogens is 2. The Morgan fingerprint density at radius 2 is 1.97 bits per heavy atom. The molecule has 0 radical (unpaired) electrons. The van der Waals surface area contributed by atoms with Crippen LogP contribution in [0.15, 0.2) is 17.1 Å². The van der Waals surface area contributed by atoms with Gasteiger partial charge in [0.25, 0.3) is 5.56 Å². The van der Waals surface area contributed by atoms with Crippen LogP contribution in [-0.4, -0.2) is 44.7 Å². The van der Waals surface area contributed by atoms with E-state index in [0.29, 0.717) is 22.9 Å². The number of rotatable bonds is 3. The van der Waals surface area contributed by atoms with E-state index in [-0.39, 0.29) is 23.3 Å². The number of aromatic nitrogens is 2. The van der Waals surface area contributed by atoms with Gasteiger partial charge in [-0.05, 0) is 33.3 Å². The number of nitrogen functional groups attached to an aromatic ring is 1. The van der Waals surface area contributed by atoms with Crippen LogP contribution in [0.4, 0.5) is 10.6 Å². The highest BCUT2D eigenvalue weighted by atomic mass is 16.6. The third-order valence-electron chi connectivity index (χ3n) is 5.47. The molecule has 1 aliphatic heterocycles.